The third-order valence-electron chi connectivity index (χ3n) is 2.73. The van der Waals surface area contributed by atoms with Gasteiger partial charge in [-0.25, -0.2) is 4.98 Å². The Bertz CT molecular complexity index is 437. The number of fused-ring (bicyclic) bond motifs is 1. The van der Waals surface area contributed by atoms with E-state index in [9.17, 15) is 0 Å². The topological polar surface area (TPSA) is 39.9 Å². The first-order valence-corrected chi connectivity index (χ1v) is 6.47. The third-order valence-corrected chi connectivity index (χ3v) is 3.60. The lowest BCUT2D eigenvalue weighted by molar-refractivity contribution is 0.309. The van der Waals surface area contributed by atoms with Crippen LogP contribution in [0, 0.1) is 11.3 Å². The molecular formula is C12H15N3S. The number of hydrogen-bond acceptors (Lipinski definition) is 4. The number of thioether (sulfide) groups is 1. The minimum Gasteiger partial charge on any atom is -0.302 e. The molecular weight excluding hydrogens is 218 g/mol. The molecule has 0 spiro atoms. The molecule has 1 aromatic rings. The normalized spacial score (nSPS) is 15.6. The summed E-state index contributed by atoms with van der Waals surface area (Å²) in [5, 5.41) is 9.99. The van der Waals surface area contributed by atoms with E-state index in [2.05, 4.69) is 29.9 Å². The van der Waals surface area contributed by atoms with Crippen molar-refractivity contribution < 1.29 is 0 Å². The SMILES string of the molecule is CCSc1nc2c(cc1C#N)CN(C)CC2. The maximum Gasteiger partial charge on any atom is 0.114 e. The fraction of sp³-hybridized carbons (Fsp3) is 0.500. The predicted molar refractivity (Wildman–Crippen MR) is 65.4 cm³/mol. The quantitative estimate of drug-likeness (QED) is 0.733. The molecule has 0 saturated heterocycles. The van der Waals surface area contributed by atoms with Gasteiger partial charge in [0.15, 0.2) is 0 Å². The molecule has 0 radical (unpaired) electrons. The lowest BCUT2D eigenvalue weighted by Crippen LogP contribution is -2.27. The van der Waals surface area contributed by atoms with Crippen molar-refractivity contribution in [1.29, 1.82) is 5.26 Å². The highest BCUT2D eigenvalue weighted by molar-refractivity contribution is 7.99. The number of pyridine rings is 1. The van der Waals surface area contributed by atoms with Gasteiger partial charge in [-0.15, -0.1) is 11.8 Å². The Labute approximate surface area is 100 Å². The standard InChI is InChI=1S/C12H15N3S/c1-3-16-12-9(7-13)6-10-8-15(2)5-4-11(10)14-12/h6H,3-5,8H2,1-2H3. The first kappa shape index (κ1) is 11.4. The van der Waals surface area contributed by atoms with Gasteiger partial charge in [-0.3, -0.25) is 0 Å². The van der Waals surface area contributed by atoms with Gasteiger partial charge in [0.25, 0.3) is 0 Å². The first-order valence-electron chi connectivity index (χ1n) is 5.48. The molecule has 0 bridgehead atoms. The molecule has 0 N–H and O–H groups in total. The average molecular weight is 233 g/mol. The van der Waals surface area contributed by atoms with Crippen molar-refractivity contribution in [3.63, 3.8) is 0 Å². The third kappa shape index (κ3) is 2.21. The minimum absolute atomic E-state index is 0.723. The summed E-state index contributed by atoms with van der Waals surface area (Å²) in [6.45, 7) is 4.05. The minimum atomic E-state index is 0.723. The van der Waals surface area contributed by atoms with Gasteiger partial charge in [0.2, 0.25) is 0 Å². The molecule has 2 rings (SSSR count). The van der Waals surface area contributed by atoms with Crippen LogP contribution in [0.15, 0.2) is 11.1 Å². The molecule has 16 heavy (non-hydrogen) atoms. The maximum atomic E-state index is 9.10. The van der Waals surface area contributed by atoms with Crippen molar-refractivity contribution in [3.05, 3.63) is 22.9 Å². The summed E-state index contributed by atoms with van der Waals surface area (Å²) in [5.74, 6) is 0.959. The molecule has 0 fully saturated rings. The fourth-order valence-corrected chi connectivity index (χ4v) is 2.63. The second kappa shape index (κ2) is 4.86. The Morgan fingerprint density at radius 1 is 1.62 bits per heavy atom. The Morgan fingerprint density at radius 3 is 3.12 bits per heavy atom. The molecule has 1 aliphatic rings. The van der Waals surface area contributed by atoms with Crippen molar-refractivity contribution in [1.82, 2.24) is 9.88 Å². The smallest absolute Gasteiger partial charge is 0.114 e. The molecule has 2 heterocycles. The Balaban J connectivity index is 2.41. The van der Waals surface area contributed by atoms with Gasteiger partial charge in [-0.05, 0) is 24.4 Å². The Morgan fingerprint density at radius 2 is 2.44 bits per heavy atom. The molecule has 84 valence electrons. The summed E-state index contributed by atoms with van der Waals surface area (Å²) in [5.41, 5.74) is 3.11. The number of nitriles is 1. The van der Waals surface area contributed by atoms with Crippen LogP contribution < -0.4 is 0 Å². The highest BCUT2D eigenvalue weighted by Crippen LogP contribution is 2.25. The number of nitrogens with zero attached hydrogens (tertiary/aromatic N) is 3. The van der Waals surface area contributed by atoms with Crippen LogP contribution in [-0.4, -0.2) is 29.2 Å². The van der Waals surface area contributed by atoms with Gasteiger partial charge in [-0.1, -0.05) is 6.92 Å². The van der Waals surface area contributed by atoms with Gasteiger partial charge in [0.1, 0.15) is 11.1 Å². The van der Waals surface area contributed by atoms with Crippen LogP contribution in [-0.2, 0) is 13.0 Å². The van der Waals surface area contributed by atoms with Crippen molar-refractivity contribution >= 4 is 11.8 Å². The molecule has 0 amide bonds. The molecule has 3 nitrogen and oxygen atoms in total. The first-order chi connectivity index (χ1) is 7.74. The monoisotopic (exact) mass is 233 g/mol. The number of aromatic nitrogens is 1. The molecule has 4 heteroatoms. The van der Waals surface area contributed by atoms with Crippen LogP contribution in [0.1, 0.15) is 23.7 Å². The van der Waals surface area contributed by atoms with E-state index in [0.29, 0.717) is 0 Å². The largest absolute Gasteiger partial charge is 0.302 e. The van der Waals surface area contributed by atoms with Gasteiger partial charge in [0, 0.05) is 25.2 Å². The van der Waals surface area contributed by atoms with Crippen molar-refractivity contribution in [3.8, 4) is 6.07 Å². The zero-order chi connectivity index (χ0) is 11.5. The second-order valence-electron chi connectivity index (χ2n) is 3.98. The molecule has 1 aliphatic heterocycles. The summed E-state index contributed by atoms with van der Waals surface area (Å²) in [4.78, 5) is 6.88. The van der Waals surface area contributed by atoms with E-state index in [-0.39, 0.29) is 0 Å². The maximum absolute atomic E-state index is 9.10. The predicted octanol–water partition coefficient (Wildman–Crippen LogP) is 2.05. The highest BCUT2D eigenvalue weighted by Gasteiger charge is 2.17. The lowest BCUT2D eigenvalue weighted by Gasteiger charge is -2.24. The van der Waals surface area contributed by atoms with E-state index in [1.54, 1.807) is 11.8 Å². The van der Waals surface area contributed by atoms with Gasteiger partial charge >= 0.3 is 0 Å². The van der Waals surface area contributed by atoms with Gasteiger partial charge in [0.05, 0.1) is 5.56 Å². The molecule has 0 unspecified atom stereocenters. The van der Waals surface area contributed by atoms with Gasteiger partial charge < -0.3 is 4.90 Å². The Kier molecular flexibility index (Phi) is 3.47. The van der Waals surface area contributed by atoms with E-state index < -0.39 is 0 Å². The van der Waals surface area contributed by atoms with E-state index in [4.69, 9.17) is 5.26 Å². The number of rotatable bonds is 2. The van der Waals surface area contributed by atoms with Crippen LogP contribution in [0.4, 0.5) is 0 Å². The summed E-state index contributed by atoms with van der Waals surface area (Å²) in [6.07, 6.45) is 0.995. The number of hydrogen-bond donors (Lipinski definition) is 0. The summed E-state index contributed by atoms with van der Waals surface area (Å²) in [6, 6.07) is 4.25. The van der Waals surface area contributed by atoms with Crippen LogP contribution in [0.2, 0.25) is 0 Å². The van der Waals surface area contributed by atoms with Crippen molar-refractivity contribution in [2.75, 3.05) is 19.3 Å². The van der Waals surface area contributed by atoms with E-state index in [0.717, 1.165) is 35.9 Å². The molecule has 0 saturated carbocycles. The molecule has 0 atom stereocenters. The van der Waals surface area contributed by atoms with Crippen LogP contribution >= 0.6 is 11.8 Å². The van der Waals surface area contributed by atoms with Crippen LogP contribution in [0.5, 0.6) is 0 Å². The lowest BCUT2D eigenvalue weighted by atomic mass is 10.0. The zero-order valence-electron chi connectivity index (χ0n) is 9.66. The van der Waals surface area contributed by atoms with Crippen LogP contribution in [0.3, 0.4) is 0 Å². The van der Waals surface area contributed by atoms with E-state index >= 15 is 0 Å². The van der Waals surface area contributed by atoms with Crippen molar-refractivity contribution in [2.24, 2.45) is 0 Å². The Hall–Kier alpha value is -1.05. The average Bonchev–Trinajstić information content (AvgIpc) is 2.29. The van der Waals surface area contributed by atoms with E-state index in [1.165, 1.54) is 11.3 Å². The van der Waals surface area contributed by atoms with E-state index in [1.807, 2.05) is 6.07 Å². The zero-order valence-corrected chi connectivity index (χ0v) is 10.5. The molecule has 0 aromatic carbocycles. The summed E-state index contributed by atoms with van der Waals surface area (Å²) < 4.78 is 0. The van der Waals surface area contributed by atoms with Crippen molar-refractivity contribution in [2.45, 2.75) is 24.9 Å². The molecule has 1 aromatic heterocycles. The highest BCUT2D eigenvalue weighted by atomic mass is 32.2. The summed E-state index contributed by atoms with van der Waals surface area (Å²) in [7, 11) is 2.10. The van der Waals surface area contributed by atoms with Crippen LogP contribution in [0.25, 0.3) is 0 Å². The summed E-state index contributed by atoms with van der Waals surface area (Å²) >= 11 is 1.65. The van der Waals surface area contributed by atoms with Gasteiger partial charge in [-0.2, -0.15) is 5.26 Å². The second-order valence-corrected chi connectivity index (χ2v) is 5.23. The number of likely N-dealkylation sites (N-methyl/N-ethyl adjacent to an activating group) is 1. The fourth-order valence-electron chi connectivity index (χ4n) is 1.92. The molecule has 0 aliphatic carbocycles.